The van der Waals surface area contributed by atoms with Crippen LogP contribution in [0.25, 0.3) is 11.0 Å². The maximum Gasteiger partial charge on any atom is 0.256 e. The molecule has 0 saturated carbocycles. The number of amides is 2. The van der Waals surface area contributed by atoms with Crippen molar-refractivity contribution < 1.29 is 24.5 Å². The van der Waals surface area contributed by atoms with Crippen molar-refractivity contribution in [2.24, 2.45) is 0 Å². The summed E-state index contributed by atoms with van der Waals surface area (Å²) in [5.74, 6) is -0.869. The fourth-order valence-corrected chi connectivity index (χ4v) is 3.30. The van der Waals surface area contributed by atoms with Crippen molar-refractivity contribution in [3.05, 3.63) is 59.9 Å². The van der Waals surface area contributed by atoms with E-state index in [-0.39, 0.29) is 11.7 Å². The minimum Gasteiger partial charge on any atom is -0.382 e. The second kappa shape index (κ2) is 8.62. The van der Waals surface area contributed by atoms with Gasteiger partial charge in [0.05, 0.1) is 24.2 Å². The van der Waals surface area contributed by atoms with Gasteiger partial charge in [-0.1, -0.05) is 18.2 Å². The molecule has 1 aromatic heterocycles. The van der Waals surface area contributed by atoms with Crippen molar-refractivity contribution >= 4 is 28.5 Å². The zero-order valence-corrected chi connectivity index (χ0v) is 16.1. The van der Waals surface area contributed by atoms with E-state index >= 15 is 0 Å². The van der Waals surface area contributed by atoms with Crippen LogP contribution in [-0.2, 0) is 9.53 Å². The SMILES string of the molecule is O=C(Nc1cccc(C(=O)N2CCOCC2)c1)C(O)C(O)c1nc2ccccc2[nH]1. The van der Waals surface area contributed by atoms with Crippen LogP contribution in [0.1, 0.15) is 22.3 Å². The summed E-state index contributed by atoms with van der Waals surface area (Å²) in [4.78, 5) is 33.8. The lowest BCUT2D eigenvalue weighted by atomic mass is 10.1. The average Bonchev–Trinajstić information content (AvgIpc) is 3.22. The van der Waals surface area contributed by atoms with Gasteiger partial charge in [-0.15, -0.1) is 0 Å². The first kappa shape index (κ1) is 20.0. The van der Waals surface area contributed by atoms with Gasteiger partial charge in [0.1, 0.15) is 11.9 Å². The molecule has 1 aliphatic heterocycles. The summed E-state index contributed by atoms with van der Waals surface area (Å²) >= 11 is 0. The molecule has 2 heterocycles. The predicted molar refractivity (Wildman–Crippen MR) is 109 cm³/mol. The molecule has 0 spiro atoms. The Morgan fingerprint density at radius 2 is 1.87 bits per heavy atom. The maximum atomic E-state index is 12.6. The van der Waals surface area contributed by atoms with E-state index in [1.54, 1.807) is 41.3 Å². The number of morpholine rings is 1. The second-order valence-corrected chi connectivity index (χ2v) is 7.00. The quantitative estimate of drug-likeness (QED) is 0.498. The Balaban J connectivity index is 1.44. The van der Waals surface area contributed by atoms with E-state index in [0.29, 0.717) is 48.6 Å². The lowest BCUT2D eigenvalue weighted by molar-refractivity contribution is -0.130. The van der Waals surface area contributed by atoms with Gasteiger partial charge < -0.3 is 30.2 Å². The van der Waals surface area contributed by atoms with Crippen LogP contribution in [-0.4, -0.2) is 69.3 Å². The number of nitrogens with zero attached hydrogens (tertiary/aromatic N) is 2. The highest BCUT2D eigenvalue weighted by Gasteiger charge is 2.28. The molecular formula is C21H22N4O5. The molecule has 0 aliphatic carbocycles. The summed E-state index contributed by atoms with van der Waals surface area (Å²) < 4.78 is 5.26. The van der Waals surface area contributed by atoms with Gasteiger partial charge in [0.2, 0.25) is 0 Å². The number of H-pyrrole nitrogens is 1. The second-order valence-electron chi connectivity index (χ2n) is 7.00. The van der Waals surface area contributed by atoms with Crippen molar-refractivity contribution in [1.29, 1.82) is 0 Å². The Morgan fingerprint density at radius 3 is 2.63 bits per heavy atom. The molecule has 0 bridgehead atoms. The first-order chi connectivity index (χ1) is 14.5. The number of carbonyl (C=O) groups is 2. The number of hydrogen-bond donors (Lipinski definition) is 4. The fourth-order valence-electron chi connectivity index (χ4n) is 3.30. The third-order valence-corrected chi connectivity index (χ3v) is 4.93. The fraction of sp³-hybridized carbons (Fsp3) is 0.286. The molecule has 2 unspecified atom stereocenters. The number of ether oxygens (including phenoxy) is 1. The molecular weight excluding hydrogens is 388 g/mol. The van der Waals surface area contributed by atoms with Crippen LogP contribution in [0.2, 0.25) is 0 Å². The Labute approximate surface area is 172 Å². The van der Waals surface area contributed by atoms with Crippen LogP contribution in [0.3, 0.4) is 0 Å². The number of aliphatic hydroxyl groups excluding tert-OH is 2. The first-order valence-corrected chi connectivity index (χ1v) is 9.61. The summed E-state index contributed by atoms with van der Waals surface area (Å²) in [6, 6.07) is 13.6. The third-order valence-electron chi connectivity index (χ3n) is 4.93. The van der Waals surface area contributed by atoms with Crippen LogP contribution in [0.15, 0.2) is 48.5 Å². The summed E-state index contributed by atoms with van der Waals surface area (Å²) in [7, 11) is 0. The number of para-hydroxylation sites is 2. The van der Waals surface area contributed by atoms with E-state index in [4.69, 9.17) is 4.74 Å². The highest BCUT2D eigenvalue weighted by molar-refractivity contribution is 5.98. The number of aliphatic hydroxyl groups is 2. The van der Waals surface area contributed by atoms with Crippen molar-refractivity contribution in [3.8, 4) is 0 Å². The molecule has 2 atom stereocenters. The van der Waals surface area contributed by atoms with Gasteiger partial charge in [-0.05, 0) is 30.3 Å². The number of hydrogen-bond acceptors (Lipinski definition) is 6. The number of carbonyl (C=O) groups excluding carboxylic acids is 2. The molecule has 9 heteroatoms. The Bertz CT molecular complexity index is 1030. The summed E-state index contributed by atoms with van der Waals surface area (Å²) in [6.45, 7) is 2.01. The largest absolute Gasteiger partial charge is 0.382 e. The monoisotopic (exact) mass is 410 g/mol. The van der Waals surface area contributed by atoms with Crippen molar-refractivity contribution in [1.82, 2.24) is 14.9 Å². The van der Waals surface area contributed by atoms with E-state index in [9.17, 15) is 19.8 Å². The van der Waals surface area contributed by atoms with Gasteiger partial charge in [0, 0.05) is 24.3 Å². The standard InChI is InChI=1S/C21H22N4O5/c26-17(19-23-15-6-1-2-7-16(15)24-19)18(27)20(28)22-14-5-3-4-13(12-14)21(29)25-8-10-30-11-9-25/h1-7,12,17-18,26-27H,8-11H2,(H,22,28)(H,23,24). The van der Waals surface area contributed by atoms with E-state index in [0.717, 1.165) is 0 Å². The lowest BCUT2D eigenvalue weighted by Gasteiger charge is -2.27. The molecule has 30 heavy (non-hydrogen) atoms. The Hall–Kier alpha value is -3.27. The molecule has 4 N–H and O–H groups in total. The zero-order chi connectivity index (χ0) is 21.1. The maximum absolute atomic E-state index is 12.6. The smallest absolute Gasteiger partial charge is 0.256 e. The van der Waals surface area contributed by atoms with Crippen LogP contribution in [0, 0.1) is 0 Å². The van der Waals surface area contributed by atoms with Crippen molar-refractivity contribution in [2.75, 3.05) is 31.6 Å². The van der Waals surface area contributed by atoms with Crippen LogP contribution in [0.5, 0.6) is 0 Å². The lowest BCUT2D eigenvalue weighted by Crippen LogP contribution is -2.40. The number of nitrogens with one attached hydrogen (secondary N) is 2. The van der Waals surface area contributed by atoms with Crippen LogP contribution in [0.4, 0.5) is 5.69 Å². The van der Waals surface area contributed by atoms with Gasteiger partial charge in [0.25, 0.3) is 11.8 Å². The van der Waals surface area contributed by atoms with E-state index in [2.05, 4.69) is 15.3 Å². The molecule has 9 nitrogen and oxygen atoms in total. The van der Waals surface area contributed by atoms with Gasteiger partial charge in [0.15, 0.2) is 6.10 Å². The number of aromatic nitrogens is 2. The first-order valence-electron chi connectivity index (χ1n) is 9.61. The topological polar surface area (TPSA) is 128 Å². The minimum absolute atomic E-state index is 0.0927. The minimum atomic E-state index is -1.75. The number of fused-ring (bicyclic) bond motifs is 1. The van der Waals surface area contributed by atoms with Crippen LogP contribution < -0.4 is 5.32 Å². The molecule has 1 aliphatic rings. The highest BCUT2D eigenvalue weighted by Crippen LogP contribution is 2.20. The summed E-state index contributed by atoms with van der Waals surface area (Å²) in [5, 5.41) is 23.2. The van der Waals surface area contributed by atoms with E-state index < -0.39 is 18.1 Å². The van der Waals surface area contributed by atoms with E-state index in [1.807, 2.05) is 6.07 Å². The number of anilines is 1. The molecule has 3 aromatic rings. The number of rotatable bonds is 5. The Morgan fingerprint density at radius 1 is 1.10 bits per heavy atom. The number of aromatic amines is 1. The molecule has 1 fully saturated rings. The van der Waals surface area contributed by atoms with Crippen molar-refractivity contribution in [2.45, 2.75) is 12.2 Å². The van der Waals surface area contributed by atoms with Gasteiger partial charge in [-0.25, -0.2) is 4.98 Å². The van der Waals surface area contributed by atoms with Gasteiger partial charge in [-0.3, -0.25) is 9.59 Å². The summed E-state index contributed by atoms with van der Waals surface area (Å²) in [6.07, 6.45) is -3.28. The zero-order valence-electron chi connectivity index (χ0n) is 16.1. The van der Waals surface area contributed by atoms with Crippen LogP contribution >= 0.6 is 0 Å². The summed E-state index contributed by atoms with van der Waals surface area (Å²) in [5.41, 5.74) is 2.07. The molecule has 4 rings (SSSR count). The van der Waals surface area contributed by atoms with Crippen molar-refractivity contribution in [3.63, 3.8) is 0 Å². The molecule has 0 radical (unpaired) electrons. The molecule has 156 valence electrons. The number of imidazole rings is 1. The molecule has 2 aromatic carbocycles. The molecule has 2 amide bonds. The normalized spacial score (nSPS) is 16.3. The van der Waals surface area contributed by atoms with Gasteiger partial charge in [-0.2, -0.15) is 0 Å². The highest BCUT2D eigenvalue weighted by atomic mass is 16.5. The predicted octanol–water partition coefficient (Wildman–Crippen LogP) is 1.07. The van der Waals surface area contributed by atoms with Gasteiger partial charge >= 0.3 is 0 Å². The van der Waals surface area contributed by atoms with E-state index in [1.165, 1.54) is 6.07 Å². The average molecular weight is 410 g/mol. The third kappa shape index (κ3) is 4.18. The number of benzene rings is 2. The Kier molecular flexibility index (Phi) is 5.75. The molecule has 1 saturated heterocycles.